The van der Waals surface area contributed by atoms with E-state index in [1.807, 2.05) is 35.2 Å². The quantitative estimate of drug-likeness (QED) is 0.673. The molecule has 0 saturated carbocycles. The molecule has 150 valence electrons. The Labute approximate surface area is 170 Å². The van der Waals surface area contributed by atoms with Crippen LogP contribution >= 0.6 is 0 Å². The maximum absolute atomic E-state index is 13.3. The minimum Gasteiger partial charge on any atom is -0.336 e. The number of nitrogens with zero attached hydrogens (tertiary/aromatic N) is 6. The number of pyridine rings is 1. The summed E-state index contributed by atoms with van der Waals surface area (Å²) in [5.41, 5.74) is 1.45. The summed E-state index contributed by atoms with van der Waals surface area (Å²) in [4.78, 5) is 22.1. The zero-order valence-electron chi connectivity index (χ0n) is 16.8. The van der Waals surface area contributed by atoms with Gasteiger partial charge in [-0.1, -0.05) is 24.6 Å². The minimum absolute atomic E-state index is 0.0457. The van der Waals surface area contributed by atoms with Gasteiger partial charge >= 0.3 is 0 Å². The molecule has 2 aliphatic heterocycles. The Morgan fingerprint density at radius 2 is 1.93 bits per heavy atom. The molecule has 0 spiro atoms. The first-order chi connectivity index (χ1) is 14.2. The Kier molecular flexibility index (Phi) is 4.75. The van der Waals surface area contributed by atoms with E-state index in [9.17, 15) is 4.79 Å². The molecule has 1 atom stereocenters. The van der Waals surface area contributed by atoms with Gasteiger partial charge < -0.3 is 9.47 Å². The van der Waals surface area contributed by atoms with Crippen molar-refractivity contribution in [2.75, 3.05) is 26.7 Å². The van der Waals surface area contributed by atoms with E-state index in [2.05, 4.69) is 31.7 Å². The predicted octanol–water partition coefficient (Wildman–Crippen LogP) is 2.68. The summed E-state index contributed by atoms with van der Waals surface area (Å²) in [5.74, 6) is 2.10. The van der Waals surface area contributed by atoms with Crippen LogP contribution in [0.25, 0.3) is 10.9 Å². The van der Waals surface area contributed by atoms with Gasteiger partial charge in [0, 0.05) is 37.6 Å². The standard InChI is InChI=1S/C22H26N6O/c1-26-12-3-2-9-18(26)21-25-24-19-10-13-27(14-15-28(19)21)22(29)17-8-4-6-16-7-5-11-23-20(16)17/h4-8,11,18H,2-3,9-10,12-15H2,1H3/t18-/m1/s1. The number of carbonyl (C=O) groups excluding carboxylic acids is 1. The topological polar surface area (TPSA) is 67.2 Å². The highest BCUT2D eigenvalue weighted by atomic mass is 16.2. The number of rotatable bonds is 2. The number of hydrogen-bond acceptors (Lipinski definition) is 5. The highest BCUT2D eigenvalue weighted by Crippen LogP contribution is 2.29. The molecule has 0 radical (unpaired) electrons. The third-order valence-electron chi connectivity index (χ3n) is 6.27. The van der Waals surface area contributed by atoms with Crippen molar-refractivity contribution in [2.45, 2.75) is 38.3 Å². The van der Waals surface area contributed by atoms with Crippen LogP contribution in [0.3, 0.4) is 0 Å². The fourth-order valence-electron chi connectivity index (χ4n) is 4.64. The van der Waals surface area contributed by atoms with Gasteiger partial charge in [-0.05, 0) is 38.6 Å². The molecule has 29 heavy (non-hydrogen) atoms. The molecule has 4 heterocycles. The fourth-order valence-corrected chi connectivity index (χ4v) is 4.64. The Balaban J connectivity index is 1.39. The number of fused-ring (bicyclic) bond motifs is 2. The molecular weight excluding hydrogens is 364 g/mol. The summed E-state index contributed by atoms with van der Waals surface area (Å²) in [7, 11) is 2.17. The molecule has 0 aliphatic carbocycles. The highest BCUT2D eigenvalue weighted by molar-refractivity contribution is 6.05. The molecule has 7 nitrogen and oxygen atoms in total. The zero-order chi connectivity index (χ0) is 19.8. The lowest BCUT2D eigenvalue weighted by atomic mass is 10.0. The third-order valence-corrected chi connectivity index (χ3v) is 6.27. The van der Waals surface area contributed by atoms with Crippen LogP contribution in [-0.2, 0) is 13.0 Å². The van der Waals surface area contributed by atoms with Crippen LogP contribution < -0.4 is 0 Å². The number of hydrogen-bond donors (Lipinski definition) is 0. The minimum atomic E-state index is 0.0457. The molecule has 0 unspecified atom stereocenters. The van der Waals surface area contributed by atoms with Gasteiger partial charge in [0.1, 0.15) is 11.6 Å². The average Bonchev–Trinajstić information content (AvgIpc) is 3.04. The highest BCUT2D eigenvalue weighted by Gasteiger charge is 2.29. The summed E-state index contributed by atoms with van der Waals surface area (Å²) in [5, 5.41) is 10.0. The molecule has 1 aromatic carbocycles. The Morgan fingerprint density at radius 1 is 1.03 bits per heavy atom. The SMILES string of the molecule is CN1CCCC[C@@H]1c1nnc2n1CCN(C(=O)c1cccc3cccnc13)CC2. The van der Waals surface area contributed by atoms with Crippen LogP contribution in [0.5, 0.6) is 0 Å². The second kappa shape index (κ2) is 7.55. The van der Waals surface area contributed by atoms with Crippen molar-refractivity contribution >= 4 is 16.8 Å². The molecule has 0 N–H and O–H groups in total. The lowest BCUT2D eigenvalue weighted by Crippen LogP contribution is -2.35. The molecule has 2 aromatic heterocycles. The largest absolute Gasteiger partial charge is 0.336 e. The molecule has 1 saturated heterocycles. The predicted molar refractivity (Wildman–Crippen MR) is 111 cm³/mol. The normalized spacial score (nSPS) is 20.4. The molecule has 1 amide bonds. The average molecular weight is 390 g/mol. The summed E-state index contributed by atoms with van der Waals surface area (Å²) >= 11 is 0. The van der Waals surface area contributed by atoms with Crippen LogP contribution in [0.2, 0.25) is 0 Å². The van der Waals surface area contributed by atoms with E-state index in [0.717, 1.165) is 48.5 Å². The molecular formula is C22H26N6O. The maximum atomic E-state index is 13.3. The van der Waals surface area contributed by atoms with E-state index in [1.54, 1.807) is 6.20 Å². The number of carbonyl (C=O) groups is 1. The van der Waals surface area contributed by atoms with Crippen molar-refractivity contribution in [3.63, 3.8) is 0 Å². The smallest absolute Gasteiger partial charge is 0.256 e. The monoisotopic (exact) mass is 390 g/mol. The van der Waals surface area contributed by atoms with E-state index >= 15 is 0 Å². The number of likely N-dealkylation sites (tertiary alicyclic amines) is 1. The Morgan fingerprint density at radius 3 is 2.83 bits per heavy atom. The van der Waals surface area contributed by atoms with Gasteiger partial charge in [-0.15, -0.1) is 10.2 Å². The van der Waals surface area contributed by atoms with E-state index in [1.165, 1.54) is 12.8 Å². The van der Waals surface area contributed by atoms with Crippen molar-refractivity contribution in [3.8, 4) is 0 Å². The van der Waals surface area contributed by atoms with E-state index in [-0.39, 0.29) is 5.91 Å². The summed E-state index contributed by atoms with van der Waals surface area (Å²) < 4.78 is 2.25. The lowest BCUT2D eigenvalue weighted by Gasteiger charge is -2.32. The summed E-state index contributed by atoms with van der Waals surface area (Å²) in [6, 6.07) is 10.0. The van der Waals surface area contributed by atoms with E-state index < -0.39 is 0 Å². The van der Waals surface area contributed by atoms with Crippen molar-refractivity contribution < 1.29 is 4.79 Å². The molecule has 0 bridgehead atoms. The van der Waals surface area contributed by atoms with Gasteiger partial charge in [0.25, 0.3) is 5.91 Å². The lowest BCUT2D eigenvalue weighted by molar-refractivity contribution is 0.0759. The van der Waals surface area contributed by atoms with Crippen LogP contribution in [0, 0.1) is 0 Å². The van der Waals surface area contributed by atoms with Crippen molar-refractivity contribution in [2.24, 2.45) is 0 Å². The van der Waals surface area contributed by atoms with Crippen LogP contribution in [0.4, 0.5) is 0 Å². The molecule has 1 fully saturated rings. The zero-order valence-corrected chi connectivity index (χ0v) is 16.8. The molecule has 7 heteroatoms. The number of aromatic nitrogens is 4. The number of para-hydroxylation sites is 1. The van der Waals surface area contributed by atoms with Gasteiger partial charge in [-0.3, -0.25) is 14.7 Å². The molecule has 5 rings (SSSR count). The first-order valence-corrected chi connectivity index (χ1v) is 10.5. The van der Waals surface area contributed by atoms with E-state index in [4.69, 9.17) is 0 Å². The Hall–Kier alpha value is -2.80. The van der Waals surface area contributed by atoms with Crippen molar-refractivity contribution in [1.82, 2.24) is 29.5 Å². The summed E-state index contributed by atoms with van der Waals surface area (Å²) in [6.07, 6.45) is 6.08. The second-order valence-corrected chi connectivity index (χ2v) is 8.04. The van der Waals surface area contributed by atoms with Gasteiger partial charge in [-0.2, -0.15) is 0 Å². The van der Waals surface area contributed by atoms with Crippen molar-refractivity contribution in [3.05, 3.63) is 53.7 Å². The van der Waals surface area contributed by atoms with Crippen LogP contribution in [-0.4, -0.2) is 62.1 Å². The van der Waals surface area contributed by atoms with E-state index in [0.29, 0.717) is 24.7 Å². The Bertz CT molecular complexity index is 1040. The fraction of sp³-hybridized carbons (Fsp3) is 0.455. The summed E-state index contributed by atoms with van der Waals surface area (Å²) in [6.45, 7) is 3.16. The third kappa shape index (κ3) is 3.29. The first-order valence-electron chi connectivity index (χ1n) is 10.5. The first kappa shape index (κ1) is 18.2. The molecule has 2 aliphatic rings. The number of amides is 1. The second-order valence-electron chi connectivity index (χ2n) is 8.04. The van der Waals surface area contributed by atoms with Gasteiger partial charge in [0.05, 0.1) is 17.1 Å². The van der Waals surface area contributed by atoms with Gasteiger partial charge in [0.15, 0.2) is 0 Å². The van der Waals surface area contributed by atoms with Gasteiger partial charge in [-0.25, -0.2) is 0 Å². The van der Waals surface area contributed by atoms with Gasteiger partial charge in [0.2, 0.25) is 0 Å². The number of piperidine rings is 1. The molecule has 3 aromatic rings. The number of benzene rings is 1. The van der Waals surface area contributed by atoms with Crippen molar-refractivity contribution in [1.29, 1.82) is 0 Å². The van der Waals surface area contributed by atoms with Crippen LogP contribution in [0.15, 0.2) is 36.5 Å². The van der Waals surface area contributed by atoms with Crippen LogP contribution in [0.1, 0.15) is 47.3 Å². The maximum Gasteiger partial charge on any atom is 0.256 e.